The highest BCUT2D eigenvalue weighted by atomic mass is 35.5. The van der Waals surface area contributed by atoms with E-state index >= 15 is 0 Å². The number of hydrogen-bond donors (Lipinski definition) is 2. The van der Waals surface area contributed by atoms with E-state index in [0.29, 0.717) is 39.1 Å². The Hall–Kier alpha value is -2.98. The lowest BCUT2D eigenvalue weighted by Crippen LogP contribution is -2.51. The Bertz CT molecular complexity index is 1570. The molecule has 2 saturated heterocycles. The number of anilines is 1. The Balaban J connectivity index is 0.00000308. The molecule has 2 fully saturated rings. The standard InChI is InChI=1S/C29H34N6O2S.ClH/c1-19-14-24(15-20(2)32-19)29-21(3)26-6-4-22(16-27(26)33-29)23-5-7-28(31-17-23)34-10-12-35(13-11-34)38(36,37)25-8-9-30-18-25;/h4-7,14-17,25,30,33H,8-13,18H2,1-3H3;1H. The van der Waals surface area contributed by atoms with Gasteiger partial charge in [0.15, 0.2) is 0 Å². The van der Waals surface area contributed by atoms with Crippen molar-refractivity contribution in [2.45, 2.75) is 32.4 Å². The third-order valence-corrected chi connectivity index (χ3v) is 10.2. The molecule has 8 nitrogen and oxygen atoms in total. The van der Waals surface area contributed by atoms with Crippen LogP contribution in [0, 0.1) is 20.8 Å². The predicted octanol–water partition coefficient (Wildman–Crippen LogP) is 4.45. The number of aromatic nitrogens is 3. The van der Waals surface area contributed by atoms with Gasteiger partial charge in [0.2, 0.25) is 10.0 Å². The first-order chi connectivity index (χ1) is 18.3. The van der Waals surface area contributed by atoms with E-state index in [9.17, 15) is 8.42 Å². The summed E-state index contributed by atoms with van der Waals surface area (Å²) in [5.74, 6) is 0.885. The van der Waals surface area contributed by atoms with Crippen molar-refractivity contribution in [2.24, 2.45) is 0 Å². The number of piperazine rings is 1. The van der Waals surface area contributed by atoms with E-state index < -0.39 is 10.0 Å². The number of halogens is 1. The maximum absolute atomic E-state index is 12.9. The summed E-state index contributed by atoms with van der Waals surface area (Å²) >= 11 is 0. The SMILES string of the molecule is Cc1cc(-c2[nH]c3cc(-c4ccc(N5CCN(S(=O)(=O)C6CCNC6)CC5)nc4)ccc3c2C)cc(C)n1.Cl. The number of rotatable bonds is 5. The van der Waals surface area contributed by atoms with Crippen LogP contribution in [0.5, 0.6) is 0 Å². The van der Waals surface area contributed by atoms with Crippen LogP contribution in [0.1, 0.15) is 23.4 Å². The molecule has 0 saturated carbocycles. The van der Waals surface area contributed by atoms with Gasteiger partial charge < -0.3 is 15.2 Å². The molecular formula is C29H35ClN6O2S. The smallest absolute Gasteiger partial charge is 0.218 e. The number of aromatic amines is 1. The minimum Gasteiger partial charge on any atom is -0.354 e. The van der Waals surface area contributed by atoms with Crippen molar-refractivity contribution in [3.8, 4) is 22.4 Å². The fourth-order valence-electron chi connectivity index (χ4n) is 5.79. The highest BCUT2D eigenvalue weighted by Crippen LogP contribution is 2.33. The van der Waals surface area contributed by atoms with Crippen molar-refractivity contribution in [1.29, 1.82) is 0 Å². The van der Waals surface area contributed by atoms with Gasteiger partial charge in [0, 0.05) is 78.0 Å². The quantitative estimate of drug-likeness (QED) is 0.371. The van der Waals surface area contributed by atoms with Gasteiger partial charge in [0.05, 0.1) is 5.25 Å². The fraction of sp³-hybridized carbons (Fsp3) is 0.379. The monoisotopic (exact) mass is 566 g/mol. The van der Waals surface area contributed by atoms with Crippen molar-refractivity contribution in [1.82, 2.24) is 24.6 Å². The number of nitrogens with one attached hydrogen (secondary N) is 2. The van der Waals surface area contributed by atoms with Crippen LogP contribution in [0.15, 0.2) is 48.7 Å². The summed E-state index contributed by atoms with van der Waals surface area (Å²) in [6.07, 6.45) is 2.61. The summed E-state index contributed by atoms with van der Waals surface area (Å²) in [6.45, 7) is 9.86. The molecule has 2 aliphatic heterocycles. The van der Waals surface area contributed by atoms with Crippen LogP contribution >= 0.6 is 12.4 Å². The van der Waals surface area contributed by atoms with Crippen molar-refractivity contribution >= 4 is 39.2 Å². The van der Waals surface area contributed by atoms with Crippen LogP contribution in [0.4, 0.5) is 5.82 Å². The van der Waals surface area contributed by atoms with E-state index in [4.69, 9.17) is 4.98 Å². The number of fused-ring (bicyclic) bond motifs is 1. The van der Waals surface area contributed by atoms with Gasteiger partial charge in [0.25, 0.3) is 0 Å². The molecule has 5 heterocycles. The molecule has 10 heteroatoms. The highest BCUT2D eigenvalue weighted by molar-refractivity contribution is 7.89. The number of pyridine rings is 2. The van der Waals surface area contributed by atoms with Crippen molar-refractivity contribution < 1.29 is 8.42 Å². The lowest BCUT2D eigenvalue weighted by atomic mass is 10.0. The van der Waals surface area contributed by atoms with Crippen molar-refractivity contribution in [3.05, 3.63) is 65.6 Å². The summed E-state index contributed by atoms with van der Waals surface area (Å²) in [6, 6.07) is 14.9. The maximum atomic E-state index is 12.9. The third kappa shape index (κ3) is 5.28. The molecule has 2 aliphatic rings. The molecule has 0 bridgehead atoms. The number of H-pyrrole nitrogens is 1. The summed E-state index contributed by atoms with van der Waals surface area (Å²) < 4.78 is 27.5. The maximum Gasteiger partial charge on any atom is 0.218 e. The Morgan fingerprint density at radius 3 is 2.26 bits per heavy atom. The second-order valence-electron chi connectivity index (χ2n) is 10.5. The van der Waals surface area contributed by atoms with Gasteiger partial charge in [-0.2, -0.15) is 4.31 Å². The molecule has 6 rings (SSSR count). The van der Waals surface area contributed by atoms with E-state index in [1.807, 2.05) is 26.1 Å². The first kappa shape index (κ1) is 27.6. The Morgan fingerprint density at radius 2 is 1.62 bits per heavy atom. The van der Waals surface area contributed by atoms with Crippen LogP contribution in [-0.2, 0) is 10.0 Å². The van der Waals surface area contributed by atoms with Gasteiger partial charge in [0.1, 0.15) is 5.82 Å². The predicted molar refractivity (Wildman–Crippen MR) is 160 cm³/mol. The van der Waals surface area contributed by atoms with Crippen LogP contribution in [0.3, 0.4) is 0 Å². The van der Waals surface area contributed by atoms with E-state index in [2.05, 4.69) is 63.5 Å². The van der Waals surface area contributed by atoms with Gasteiger partial charge in [-0.1, -0.05) is 12.1 Å². The molecule has 4 aromatic rings. The highest BCUT2D eigenvalue weighted by Gasteiger charge is 2.35. The molecule has 2 N–H and O–H groups in total. The topological polar surface area (TPSA) is 94.2 Å². The zero-order valence-electron chi connectivity index (χ0n) is 22.6. The molecule has 1 atom stereocenters. The Morgan fingerprint density at radius 1 is 0.897 bits per heavy atom. The molecule has 0 aliphatic carbocycles. The number of sulfonamides is 1. The zero-order valence-corrected chi connectivity index (χ0v) is 24.2. The third-order valence-electron chi connectivity index (χ3n) is 7.87. The first-order valence-corrected chi connectivity index (χ1v) is 14.8. The molecule has 1 unspecified atom stereocenters. The average Bonchev–Trinajstić information content (AvgIpc) is 3.57. The largest absolute Gasteiger partial charge is 0.354 e. The molecule has 206 valence electrons. The number of benzene rings is 1. The Kier molecular flexibility index (Phi) is 7.70. The number of aryl methyl sites for hydroxylation is 3. The minimum atomic E-state index is -3.23. The van der Waals surface area contributed by atoms with E-state index in [0.717, 1.165) is 51.7 Å². The van der Waals surface area contributed by atoms with Crippen LogP contribution in [0.2, 0.25) is 0 Å². The van der Waals surface area contributed by atoms with Gasteiger partial charge in [-0.25, -0.2) is 13.4 Å². The summed E-state index contributed by atoms with van der Waals surface area (Å²) in [7, 11) is -3.23. The molecule has 0 radical (unpaired) electrons. The van der Waals surface area contributed by atoms with Crippen molar-refractivity contribution in [2.75, 3.05) is 44.2 Å². The minimum absolute atomic E-state index is 0. The van der Waals surface area contributed by atoms with E-state index in [1.165, 1.54) is 10.9 Å². The average molecular weight is 567 g/mol. The number of hydrogen-bond acceptors (Lipinski definition) is 6. The van der Waals surface area contributed by atoms with Gasteiger partial charge >= 0.3 is 0 Å². The Labute approximate surface area is 236 Å². The van der Waals surface area contributed by atoms with Gasteiger partial charge in [-0.15, -0.1) is 12.4 Å². The molecule has 0 amide bonds. The van der Waals surface area contributed by atoms with Gasteiger partial charge in [-0.05, 0) is 75.2 Å². The molecule has 3 aromatic heterocycles. The lowest BCUT2D eigenvalue weighted by Gasteiger charge is -2.35. The van der Waals surface area contributed by atoms with Crippen molar-refractivity contribution in [3.63, 3.8) is 0 Å². The molecule has 1 aromatic carbocycles. The van der Waals surface area contributed by atoms with E-state index in [-0.39, 0.29) is 17.7 Å². The normalized spacial score (nSPS) is 18.4. The molecular weight excluding hydrogens is 532 g/mol. The lowest BCUT2D eigenvalue weighted by molar-refractivity contribution is 0.378. The van der Waals surface area contributed by atoms with Crippen LogP contribution in [-0.4, -0.2) is 72.2 Å². The number of nitrogens with zero attached hydrogens (tertiary/aromatic N) is 4. The first-order valence-electron chi connectivity index (χ1n) is 13.3. The summed E-state index contributed by atoms with van der Waals surface area (Å²) in [4.78, 5) is 15.1. The van der Waals surface area contributed by atoms with Crippen LogP contribution in [0.25, 0.3) is 33.3 Å². The summed E-state index contributed by atoms with van der Waals surface area (Å²) in [5, 5.41) is 4.08. The second kappa shape index (κ2) is 10.9. The fourth-order valence-corrected chi connectivity index (χ4v) is 7.63. The van der Waals surface area contributed by atoms with Gasteiger partial charge in [-0.3, -0.25) is 4.98 Å². The second-order valence-corrected chi connectivity index (χ2v) is 12.7. The summed E-state index contributed by atoms with van der Waals surface area (Å²) in [5.41, 5.74) is 8.80. The zero-order chi connectivity index (χ0) is 26.4. The molecule has 39 heavy (non-hydrogen) atoms. The molecule has 0 spiro atoms. The van der Waals surface area contributed by atoms with Crippen LogP contribution < -0.4 is 10.2 Å². The van der Waals surface area contributed by atoms with E-state index in [1.54, 1.807) is 4.31 Å².